The van der Waals surface area contributed by atoms with E-state index in [4.69, 9.17) is 9.47 Å². The van der Waals surface area contributed by atoms with Gasteiger partial charge in [0.15, 0.2) is 0 Å². The Labute approximate surface area is 136 Å². The van der Waals surface area contributed by atoms with E-state index in [1.54, 1.807) is 4.90 Å². The topological polar surface area (TPSA) is 38.8 Å². The lowest BCUT2D eigenvalue weighted by atomic mass is 9.94. The van der Waals surface area contributed by atoms with Gasteiger partial charge in [-0.15, -0.1) is 0 Å². The molecule has 20 heavy (non-hydrogen) atoms. The average molecular weight is 397 g/mol. The van der Waals surface area contributed by atoms with Crippen LogP contribution in [0.2, 0.25) is 0 Å². The van der Waals surface area contributed by atoms with Crippen LogP contribution < -0.4 is 0 Å². The SMILES string of the molecule is CC(C)COC1(CI)CCCN(C(=O)OC(C)(C)C)C1. The summed E-state index contributed by atoms with van der Waals surface area (Å²) in [5.74, 6) is 0.506. The first-order valence-electron chi connectivity index (χ1n) is 7.35. The summed E-state index contributed by atoms with van der Waals surface area (Å²) in [5, 5.41) is 0. The summed E-state index contributed by atoms with van der Waals surface area (Å²) >= 11 is 2.36. The van der Waals surface area contributed by atoms with Crippen molar-refractivity contribution in [3.05, 3.63) is 0 Å². The maximum atomic E-state index is 12.2. The molecule has 1 heterocycles. The molecule has 5 heteroatoms. The fourth-order valence-electron chi connectivity index (χ4n) is 2.19. The van der Waals surface area contributed by atoms with Crippen molar-refractivity contribution in [1.82, 2.24) is 4.90 Å². The van der Waals surface area contributed by atoms with Crippen LogP contribution >= 0.6 is 22.6 Å². The molecule has 0 aromatic rings. The molecule has 0 N–H and O–H groups in total. The van der Waals surface area contributed by atoms with Gasteiger partial charge in [0.1, 0.15) is 5.60 Å². The summed E-state index contributed by atoms with van der Waals surface area (Å²) in [6.45, 7) is 12.1. The Bertz CT molecular complexity index is 328. The van der Waals surface area contributed by atoms with Gasteiger partial charge in [0, 0.05) is 17.6 Å². The van der Waals surface area contributed by atoms with Crippen LogP contribution in [-0.2, 0) is 9.47 Å². The number of piperidine rings is 1. The number of carbonyl (C=O) groups is 1. The molecule has 0 aromatic heterocycles. The minimum Gasteiger partial charge on any atom is -0.444 e. The number of halogens is 1. The molecule has 118 valence electrons. The van der Waals surface area contributed by atoms with Gasteiger partial charge < -0.3 is 14.4 Å². The molecule has 0 bridgehead atoms. The first-order valence-corrected chi connectivity index (χ1v) is 8.88. The molecule has 0 aliphatic carbocycles. The summed E-state index contributed by atoms with van der Waals surface area (Å²) in [7, 11) is 0. The predicted molar refractivity (Wildman–Crippen MR) is 89.4 cm³/mol. The average Bonchev–Trinajstić information content (AvgIpc) is 2.34. The number of rotatable bonds is 4. The summed E-state index contributed by atoms with van der Waals surface area (Å²) in [6.07, 6.45) is 1.77. The van der Waals surface area contributed by atoms with Crippen LogP contribution in [0.5, 0.6) is 0 Å². The van der Waals surface area contributed by atoms with Crippen LogP contribution in [0.3, 0.4) is 0 Å². The largest absolute Gasteiger partial charge is 0.444 e. The van der Waals surface area contributed by atoms with Gasteiger partial charge in [0.25, 0.3) is 0 Å². The lowest BCUT2D eigenvalue weighted by molar-refractivity contribution is -0.0825. The van der Waals surface area contributed by atoms with Crippen LogP contribution in [0.1, 0.15) is 47.5 Å². The van der Waals surface area contributed by atoms with Crippen LogP contribution in [-0.4, -0.2) is 46.3 Å². The smallest absolute Gasteiger partial charge is 0.410 e. The molecule has 1 rings (SSSR count). The Kier molecular flexibility index (Phi) is 6.57. The second kappa shape index (κ2) is 7.29. The normalized spacial score (nSPS) is 24.1. The Morgan fingerprint density at radius 1 is 1.40 bits per heavy atom. The maximum Gasteiger partial charge on any atom is 0.410 e. The third kappa shape index (κ3) is 5.76. The van der Waals surface area contributed by atoms with Crippen LogP contribution in [0, 0.1) is 5.92 Å². The fourth-order valence-corrected chi connectivity index (χ4v) is 3.03. The minimum absolute atomic E-state index is 0.208. The van der Waals surface area contributed by atoms with Crippen molar-refractivity contribution in [2.45, 2.75) is 58.7 Å². The Balaban J connectivity index is 2.65. The Morgan fingerprint density at radius 2 is 2.05 bits per heavy atom. The minimum atomic E-state index is -0.444. The van der Waals surface area contributed by atoms with Gasteiger partial charge in [0.05, 0.1) is 12.1 Å². The number of carbonyl (C=O) groups excluding carboxylic acids is 1. The van der Waals surface area contributed by atoms with E-state index in [1.165, 1.54) is 0 Å². The first kappa shape index (κ1) is 18.0. The van der Waals surface area contributed by atoms with E-state index in [9.17, 15) is 4.79 Å². The first-order chi connectivity index (χ1) is 9.17. The molecular formula is C15H28INO3. The van der Waals surface area contributed by atoms with E-state index >= 15 is 0 Å². The van der Waals surface area contributed by atoms with Gasteiger partial charge in [0.2, 0.25) is 0 Å². The number of hydrogen-bond donors (Lipinski definition) is 0. The number of nitrogens with zero attached hydrogens (tertiary/aromatic N) is 1. The molecular weight excluding hydrogens is 369 g/mol. The highest BCUT2D eigenvalue weighted by molar-refractivity contribution is 14.1. The molecule has 4 nitrogen and oxygen atoms in total. The van der Waals surface area contributed by atoms with Gasteiger partial charge in [-0.3, -0.25) is 0 Å². The summed E-state index contributed by atoms with van der Waals surface area (Å²) < 4.78 is 12.5. The highest BCUT2D eigenvalue weighted by Crippen LogP contribution is 2.29. The number of ether oxygens (including phenoxy) is 2. The van der Waals surface area contributed by atoms with Crippen LogP contribution in [0.25, 0.3) is 0 Å². The van der Waals surface area contributed by atoms with Gasteiger partial charge in [-0.25, -0.2) is 4.79 Å². The van der Waals surface area contributed by atoms with Crippen molar-refractivity contribution in [2.75, 3.05) is 24.1 Å². The molecule has 1 fully saturated rings. The molecule has 0 radical (unpaired) electrons. The lowest BCUT2D eigenvalue weighted by Gasteiger charge is -2.42. The fraction of sp³-hybridized carbons (Fsp3) is 0.933. The molecule has 1 aliphatic heterocycles. The van der Waals surface area contributed by atoms with E-state index in [2.05, 4.69) is 36.4 Å². The number of hydrogen-bond acceptors (Lipinski definition) is 3. The Morgan fingerprint density at radius 3 is 2.55 bits per heavy atom. The van der Waals surface area contributed by atoms with Gasteiger partial charge >= 0.3 is 6.09 Å². The second-order valence-electron chi connectivity index (χ2n) is 7.03. The molecule has 1 aliphatic rings. The monoisotopic (exact) mass is 397 g/mol. The Hall–Kier alpha value is -0.0400. The van der Waals surface area contributed by atoms with Crippen molar-refractivity contribution < 1.29 is 14.3 Å². The summed E-state index contributed by atoms with van der Waals surface area (Å²) in [5.41, 5.74) is -0.652. The molecule has 0 saturated carbocycles. The molecule has 0 spiro atoms. The number of likely N-dealkylation sites (tertiary alicyclic amines) is 1. The molecule has 1 amide bonds. The van der Waals surface area contributed by atoms with Crippen LogP contribution in [0.4, 0.5) is 4.79 Å². The molecule has 1 unspecified atom stereocenters. The standard InChI is InChI=1S/C15H28INO3/c1-12(2)9-19-15(10-16)7-6-8-17(11-15)13(18)20-14(3,4)5/h12H,6-11H2,1-5H3. The summed E-state index contributed by atoms with van der Waals surface area (Å²) in [4.78, 5) is 14.0. The van der Waals surface area contributed by atoms with Gasteiger partial charge in [-0.2, -0.15) is 0 Å². The van der Waals surface area contributed by atoms with E-state index in [0.717, 1.165) is 30.4 Å². The van der Waals surface area contributed by atoms with E-state index in [0.29, 0.717) is 12.5 Å². The zero-order valence-corrected chi connectivity index (χ0v) is 15.5. The number of amides is 1. The summed E-state index contributed by atoms with van der Waals surface area (Å²) in [6, 6.07) is 0. The van der Waals surface area contributed by atoms with E-state index in [-0.39, 0.29) is 11.7 Å². The van der Waals surface area contributed by atoms with E-state index < -0.39 is 5.60 Å². The molecule has 1 atom stereocenters. The quantitative estimate of drug-likeness (QED) is 0.534. The number of alkyl halides is 1. The van der Waals surface area contributed by atoms with E-state index in [1.807, 2.05) is 20.8 Å². The predicted octanol–water partition coefficient (Wildman–Crippen LogP) is 3.86. The van der Waals surface area contributed by atoms with Crippen molar-refractivity contribution in [3.63, 3.8) is 0 Å². The highest BCUT2D eigenvalue weighted by Gasteiger charge is 2.38. The van der Waals surface area contributed by atoms with Crippen molar-refractivity contribution >= 4 is 28.7 Å². The van der Waals surface area contributed by atoms with Crippen LogP contribution in [0.15, 0.2) is 0 Å². The molecule has 0 aromatic carbocycles. The van der Waals surface area contributed by atoms with Crippen molar-refractivity contribution in [3.8, 4) is 0 Å². The zero-order valence-electron chi connectivity index (χ0n) is 13.4. The highest BCUT2D eigenvalue weighted by atomic mass is 127. The van der Waals surface area contributed by atoms with Crippen molar-refractivity contribution in [2.24, 2.45) is 5.92 Å². The zero-order chi connectivity index (χ0) is 15.4. The molecule has 1 saturated heterocycles. The third-order valence-electron chi connectivity index (χ3n) is 3.16. The second-order valence-corrected chi connectivity index (χ2v) is 7.79. The lowest BCUT2D eigenvalue weighted by Crippen LogP contribution is -2.54. The van der Waals surface area contributed by atoms with Gasteiger partial charge in [-0.05, 0) is 39.5 Å². The van der Waals surface area contributed by atoms with Gasteiger partial charge in [-0.1, -0.05) is 36.4 Å². The van der Waals surface area contributed by atoms with Crippen molar-refractivity contribution in [1.29, 1.82) is 0 Å². The maximum absolute atomic E-state index is 12.2. The third-order valence-corrected chi connectivity index (χ3v) is 4.55.